The maximum absolute atomic E-state index is 12.5. The summed E-state index contributed by atoms with van der Waals surface area (Å²) in [6, 6.07) is 16.3. The summed E-state index contributed by atoms with van der Waals surface area (Å²) in [5, 5.41) is 13.2. The molecule has 1 saturated heterocycles. The zero-order chi connectivity index (χ0) is 27.2. The second-order valence-electron chi connectivity index (χ2n) is 9.21. The van der Waals surface area contributed by atoms with Crippen LogP contribution in [0.4, 0.5) is 23.7 Å². The normalized spacial score (nSPS) is 23.2. The Kier molecular flexibility index (Phi) is 8.90. The largest absolute Gasteiger partial charge is 0.493 e. The highest BCUT2D eigenvalue weighted by Crippen LogP contribution is 2.49. The predicted molar refractivity (Wildman–Crippen MR) is 132 cm³/mol. The molecule has 2 aromatic rings. The first-order chi connectivity index (χ1) is 17.5. The quantitative estimate of drug-likeness (QED) is 0.528. The number of methoxy groups -OCH3 is 2. The van der Waals surface area contributed by atoms with Crippen molar-refractivity contribution in [2.45, 2.75) is 49.4 Å². The fourth-order valence-corrected chi connectivity index (χ4v) is 5.27. The lowest BCUT2D eigenvalue weighted by atomic mass is 9.65. The zero-order valence-corrected chi connectivity index (χ0v) is 21.0. The summed E-state index contributed by atoms with van der Waals surface area (Å²) < 4.78 is 42.7. The first-order valence-electron chi connectivity index (χ1n) is 11.9. The Morgan fingerprint density at radius 1 is 1.05 bits per heavy atom. The van der Waals surface area contributed by atoms with E-state index in [-0.39, 0.29) is 17.5 Å². The van der Waals surface area contributed by atoms with Crippen molar-refractivity contribution in [1.29, 1.82) is 0 Å². The standard InChI is InChI=1S/C24H31N3O3.C2HF3O2/c1-27-14-13-24(17-9-10-20(29-2)21(15-17)30-3)12-11-19(16-22(24)27)26-23(28)25-18-7-5-4-6-8-18;3-2(4,5)1(6)7/h4-10,15,19,22H,11-14,16H2,1-3H3,(H2,25,26,28);(H,6,7). The van der Waals surface area contributed by atoms with Crippen LogP contribution >= 0.6 is 0 Å². The molecule has 1 aliphatic carbocycles. The van der Waals surface area contributed by atoms with Gasteiger partial charge in [-0.05, 0) is 69.1 Å². The van der Waals surface area contributed by atoms with E-state index in [2.05, 4.69) is 34.7 Å². The van der Waals surface area contributed by atoms with Crippen LogP contribution in [0.25, 0.3) is 0 Å². The lowest BCUT2D eigenvalue weighted by Gasteiger charge is -2.45. The Morgan fingerprint density at radius 3 is 2.30 bits per heavy atom. The molecule has 2 aliphatic rings. The van der Waals surface area contributed by atoms with Gasteiger partial charge >= 0.3 is 18.2 Å². The number of carbonyl (C=O) groups is 2. The lowest BCUT2D eigenvalue weighted by molar-refractivity contribution is -0.192. The van der Waals surface area contributed by atoms with Gasteiger partial charge in [0, 0.05) is 23.2 Å². The summed E-state index contributed by atoms with van der Waals surface area (Å²) in [5.41, 5.74) is 2.20. The van der Waals surface area contributed by atoms with Crippen molar-refractivity contribution >= 4 is 17.7 Å². The molecular formula is C26H32F3N3O5. The molecule has 1 saturated carbocycles. The molecule has 37 heavy (non-hydrogen) atoms. The molecule has 1 heterocycles. The van der Waals surface area contributed by atoms with Crippen LogP contribution < -0.4 is 20.1 Å². The highest BCUT2D eigenvalue weighted by atomic mass is 19.4. The average molecular weight is 524 g/mol. The molecule has 1 aliphatic heterocycles. The second kappa shape index (κ2) is 11.7. The number of carboxylic acid groups (broad SMARTS) is 1. The fourth-order valence-electron chi connectivity index (χ4n) is 5.27. The maximum atomic E-state index is 12.5. The van der Waals surface area contributed by atoms with Crippen molar-refractivity contribution in [2.75, 3.05) is 33.1 Å². The minimum Gasteiger partial charge on any atom is -0.493 e. The maximum Gasteiger partial charge on any atom is 0.490 e. The highest BCUT2D eigenvalue weighted by molar-refractivity contribution is 5.89. The minimum atomic E-state index is -5.08. The topological polar surface area (TPSA) is 100 Å². The molecule has 0 spiro atoms. The first kappa shape index (κ1) is 28.1. The lowest BCUT2D eigenvalue weighted by Crippen LogP contribution is -2.52. The summed E-state index contributed by atoms with van der Waals surface area (Å²) in [4.78, 5) is 23.8. The molecule has 3 N–H and O–H groups in total. The number of anilines is 1. The van der Waals surface area contributed by atoms with Crippen LogP contribution in [0.15, 0.2) is 48.5 Å². The van der Waals surface area contributed by atoms with E-state index in [9.17, 15) is 18.0 Å². The van der Waals surface area contributed by atoms with E-state index in [0.29, 0.717) is 6.04 Å². The Hall–Kier alpha value is -3.47. The molecule has 11 heteroatoms. The predicted octanol–water partition coefficient (Wildman–Crippen LogP) is 4.65. The number of likely N-dealkylation sites (tertiary alicyclic amines) is 1. The highest BCUT2D eigenvalue weighted by Gasteiger charge is 2.50. The van der Waals surface area contributed by atoms with Gasteiger partial charge in [0.25, 0.3) is 0 Å². The number of likely N-dealkylation sites (N-methyl/N-ethyl adjacent to an activating group) is 1. The van der Waals surface area contributed by atoms with Gasteiger partial charge in [-0.1, -0.05) is 24.3 Å². The van der Waals surface area contributed by atoms with Crippen LogP contribution in [0.1, 0.15) is 31.2 Å². The molecule has 0 radical (unpaired) electrons. The number of ether oxygens (including phenoxy) is 2. The average Bonchev–Trinajstić information content (AvgIpc) is 3.21. The first-order valence-corrected chi connectivity index (χ1v) is 11.9. The molecule has 0 aromatic heterocycles. The third-order valence-electron chi connectivity index (χ3n) is 7.10. The molecule has 3 unspecified atom stereocenters. The number of nitrogens with zero attached hydrogens (tertiary/aromatic N) is 1. The zero-order valence-electron chi connectivity index (χ0n) is 21.0. The summed E-state index contributed by atoms with van der Waals surface area (Å²) in [7, 11) is 5.54. The fraction of sp³-hybridized carbons (Fsp3) is 0.462. The van der Waals surface area contributed by atoms with E-state index in [1.807, 2.05) is 36.4 Å². The van der Waals surface area contributed by atoms with E-state index < -0.39 is 12.1 Å². The van der Waals surface area contributed by atoms with E-state index in [4.69, 9.17) is 19.4 Å². The van der Waals surface area contributed by atoms with Gasteiger partial charge in [0.1, 0.15) is 0 Å². The third kappa shape index (κ3) is 6.65. The second-order valence-corrected chi connectivity index (χ2v) is 9.21. The Labute approximate surface area is 213 Å². The van der Waals surface area contributed by atoms with Crippen LogP contribution in [-0.4, -0.2) is 68.1 Å². The number of hydrogen-bond donors (Lipinski definition) is 3. The number of halogens is 3. The number of amides is 2. The number of carboxylic acids is 1. The smallest absolute Gasteiger partial charge is 0.490 e. The monoisotopic (exact) mass is 523 g/mol. The minimum absolute atomic E-state index is 0.0857. The molecule has 2 amide bonds. The van der Waals surface area contributed by atoms with Crippen LogP contribution in [0.2, 0.25) is 0 Å². The molecule has 2 fully saturated rings. The number of rotatable bonds is 5. The number of urea groups is 1. The van der Waals surface area contributed by atoms with Gasteiger partial charge in [-0.15, -0.1) is 0 Å². The molecule has 4 rings (SSSR count). The van der Waals surface area contributed by atoms with Crippen LogP contribution in [0.5, 0.6) is 11.5 Å². The number of carbonyl (C=O) groups excluding carboxylic acids is 1. The van der Waals surface area contributed by atoms with E-state index in [1.54, 1.807) is 14.2 Å². The van der Waals surface area contributed by atoms with Crippen molar-refractivity contribution in [3.05, 3.63) is 54.1 Å². The third-order valence-corrected chi connectivity index (χ3v) is 7.10. The molecular weight excluding hydrogens is 491 g/mol. The van der Waals surface area contributed by atoms with Gasteiger partial charge in [0.15, 0.2) is 11.5 Å². The van der Waals surface area contributed by atoms with Crippen molar-refractivity contribution in [1.82, 2.24) is 10.2 Å². The Bertz CT molecular complexity index is 1080. The summed E-state index contributed by atoms with van der Waals surface area (Å²) in [6.45, 7) is 1.06. The van der Waals surface area contributed by atoms with E-state index in [0.717, 1.165) is 49.4 Å². The molecule has 202 valence electrons. The number of aliphatic carboxylic acids is 1. The van der Waals surface area contributed by atoms with Gasteiger partial charge < -0.3 is 30.1 Å². The van der Waals surface area contributed by atoms with E-state index >= 15 is 0 Å². The van der Waals surface area contributed by atoms with Gasteiger partial charge in [-0.25, -0.2) is 9.59 Å². The number of fused-ring (bicyclic) bond motifs is 1. The van der Waals surface area contributed by atoms with Crippen LogP contribution in [0.3, 0.4) is 0 Å². The number of para-hydroxylation sites is 1. The number of hydrogen-bond acceptors (Lipinski definition) is 5. The van der Waals surface area contributed by atoms with Crippen molar-refractivity contribution < 1.29 is 37.3 Å². The number of alkyl halides is 3. The molecule has 3 atom stereocenters. The van der Waals surface area contributed by atoms with Crippen LogP contribution in [-0.2, 0) is 10.2 Å². The number of benzene rings is 2. The van der Waals surface area contributed by atoms with Gasteiger partial charge in [-0.2, -0.15) is 13.2 Å². The number of nitrogens with one attached hydrogen (secondary N) is 2. The molecule has 8 nitrogen and oxygen atoms in total. The van der Waals surface area contributed by atoms with Gasteiger partial charge in [0.2, 0.25) is 0 Å². The van der Waals surface area contributed by atoms with Crippen molar-refractivity contribution in [3.63, 3.8) is 0 Å². The van der Waals surface area contributed by atoms with Gasteiger partial charge in [0.05, 0.1) is 14.2 Å². The van der Waals surface area contributed by atoms with Crippen molar-refractivity contribution in [2.24, 2.45) is 0 Å². The summed E-state index contributed by atoms with van der Waals surface area (Å²) >= 11 is 0. The Balaban J connectivity index is 0.000000479. The Morgan fingerprint density at radius 2 is 1.70 bits per heavy atom. The van der Waals surface area contributed by atoms with Gasteiger partial charge in [-0.3, -0.25) is 0 Å². The van der Waals surface area contributed by atoms with E-state index in [1.165, 1.54) is 5.56 Å². The van der Waals surface area contributed by atoms with Crippen molar-refractivity contribution in [3.8, 4) is 11.5 Å². The van der Waals surface area contributed by atoms with Crippen LogP contribution in [0, 0.1) is 0 Å². The summed E-state index contributed by atoms with van der Waals surface area (Å²) in [5.74, 6) is -1.22. The summed E-state index contributed by atoms with van der Waals surface area (Å²) in [6.07, 6.45) is -1.03. The molecule has 0 bridgehead atoms. The SMILES string of the molecule is COc1ccc(C23CCC(NC(=O)Nc4ccccc4)CC2N(C)CC3)cc1OC.O=C(O)C(F)(F)F. The molecule has 2 aromatic carbocycles.